The number of hydrogen-bond acceptors (Lipinski definition) is 7. The number of esters is 1. The van der Waals surface area contributed by atoms with Gasteiger partial charge >= 0.3 is 12.1 Å². The summed E-state index contributed by atoms with van der Waals surface area (Å²) in [4.78, 5) is 44.6. The highest BCUT2D eigenvalue weighted by Crippen LogP contribution is 2.59. The summed E-state index contributed by atoms with van der Waals surface area (Å²) in [5.41, 5.74) is 6.53. The topological polar surface area (TPSA) is 103 Å². The van der Waals surface area contributed by atoms with E-state index in [1.165, 1.54) is 0 Å². The van der Waals surface area contributed by atoms with Gasteiger partial charge in [0.05, 0.1) is 24.8 Å². The molecule has 2 aliphatic carbocycles. The van der Waals surface area contributed by atoms with Crippen molar-refractivity contribution in [3.8, 4) is 22.3 Å². The molecule has 0 fully saturated rings. The molecule has 0 heterocycles. The SMILES string of the molecule is CCOC(CN(CCC(C)C)C(=O)C(CC(=O)OC(C)(C)C)NC(=O)OC(C)(C1c2ccccc2-c2ccccc21)C1c2ccccc2-c2ccccc21)OCC. The lowest BCUT2D eigenvalue weighted by Gasteiger charge is -2.42. The number of carbonyl (C=O) groups excluding carboxylic acids is 3. The molecule has 0 aliphatic heterocycles. The maximum Gasteiger partial charge on any atom is 0.408 e. The standard InChI is InChI=1S/C48H58N2O7/c1-9-54-42(55-10-2)30-50(28-27-31(3)4)45(52)40(29-41(51)56-47(5,6)7)49-46(53)57-48(8,43-36-23-15-11-19-32(36)33-20-12-16-24-37(33)43)44-38-25-17-13-21-34(38)35-22-14-18-26-39(35)44/h11-26,31,40,42-44H,9-10,27-30H2,1-8H3,(H,49,53). The quantitative estimate of drug-likeness (QED) is 0.0894. The van der Waals surface area contributed by atoms with Crippen LogP contribution < -0.4 is 5.32 Å². The van der Waals surface area contributed by atoms with E-state index >= 15 is 0 Å². The molecule has 0 aromatic heterocycles. The van der Waals surface area contributed by atoms with E-state index in [2.05, 4.69) is 67.7 Å². The monoisotopic (exact) mass is 774 g/mol. The summed E-state index contributed by atoms with van der Waals surface area (Å²) in [7, 11) is 0. The zero-order chi connectivity index (χ0) is 40.9. The molecule has 0 radical (unpaired) electrons. The number of nitrogens with zero attached hydrogens (tertiary/aromatic N) is 1. The number of nitrogens with one attached hydrogen (secondary N) is 1. The van der Waals surface area contributed by atoms with E-state index in [-0.39, 0.29) is 24.3 Å². The summed E-state index contributed by atoms with van der Waals surface area (Å²) in [6.07, 6.45) is -1.19. The van der Waals surface area contributed by atoms with E-state index < -0.39 is 47.9 Å². The third kappa shape index (κ3) is 9.10. The number of benzene rings is 4. The minimum atomic E-state index is -1.29. The van der Waals surface area contributed by atoms with Crippen molar-refractivity contribution in [2.24, 2.45) is 5.92 Å². The van der Waals surface area contributed by atoms with Crippen LogP contribution in [0.15, 0.2) is 97.1 Å². The molecular weight excluding hydrogens is 717 g/mol. The second-order valence-electron chi connectivity index (χ2n) is 16.6. The Morgan fingerprint density at radius 1 is 0.667 bits per heavy atom. The fourth-order valence-electron chi connectivity index (χ4n) is 8.58. The van der Waals surface area contributed by atoms with Gasteiger partial charge in [-0.1, -0.05) is 111 Å². The summed E-state index contributed by atoms with van der Waals surface area (Å²) < 4.78 is 24.3. The van der Waals surface area contributed by atoms with Crippen LogP contribution in [0.25, 0.3) is 22.3 Å². The van der Waals surface area contributed by atoms with Crippen LogP contribution in [0.3, 0.4) is 0 Å². The normalized spacial score (nSPS) is 14.1. The number of fused-ring (bicyclic) bond motifs is 6. The van der Waals surface area contributed by atoms with Gasteiger partial charge in [-0.15, -0.1) is 0 Å². The molecule has 0 saturated carbocycles. The van der Waals surface area contributed by atoms with Crippen LogP contribution in [0.2, 0.25) is 0 Å². The van der Waals surface area contributed by atoms with E-state index in [0.717, 1.165) is 44.5 Å². The molecule has 0 bridgehead atoms. The summed E-state index contributed by atoms with van der Waals surface area (Å²) in [6, 6.07) is 31.8. The van der Waals surface area contributed by atoms with Crippen LogP contribution in [-0.4, -0.2) is 72.7 Å². The maximum absolute atomic E-state index is 14.8. The Labute approximate surface area is 338 Å². The van der Waals surface area contributed by atoms with Gasteiger partial charge in [0.1, 0.15) is 17.2 Å². The van der Waals surface area contributed by atoms with Crippen molar-refractivity contribution >= 4 is 18.0 Å². The van der Waals surface area contributed by atoms with Gasteiger partial charge in [-0.2, -0.15) is 0 Å². The molecule has 57 heavy (non-hydrogen) atoms. The van der Waals surface area contributed by atoms with Gasteiger partial charge in [0, 0.05) is 19.8 Å². The van der Waals surface area contributed by atoms with E-state index in [1.54, 1.807) is 25.7 Å². The molecule has 2 amide bonds. The Hall–Kier alpha value is -4.99. The molecule has 302 valence electrons. The van der Waals surface area contributed by atoms with Crippen molar-refractivity contribution in [1.29, 1.82) is 0 Å². The van der Waals surface area contributed by atoms with Crippen molar-refractivity contribution in [2.75, 3.05) is 26.3 Å². The number of rotatable bonds is 16. The number of hydrogen-bond donors (Lipinski definition) is 1. The second kappa shape index (κ2) is 17.7. The van der Waals surface area contributed by atoms with Crippen LogP contribution in [-0.2, 0) is 28.5 Å². The van der Waals surface area contributed by atoms with Gasteiger partial charge in [0.2, 0.25) is 5.91 Å². The predicted molar refractivity (Wildman–Crippen MR) is 223 cm³/mol. The van der Waals surface area contributed by atoms with E-state index in [0.29, 0.717) is 26.2 Å². The summed E-state index contributed by atoms with van der Waals surface area (Å²) in [5.74, 6) is -1.52. The summed E-state index contributed by atoms with van der Waals surface area (Å²) in [6.45, 7) is 16.5. The average molecular weight is 775 g/mol. The van der Waals surface area contributed by atoms with Crippen molar-refractivity contribution in [2.45, 2.75) is 104 Å². The lowest BCUT2D eigenvalue weighted by atomic mass is 9.70. The number of carbonyl (C=O) groups is 3. The largest absolute Gasteiger partial charge is 0.460 e. The van der Waals surface area contributed by atoms with Crippen LogP contribution in [0, 0.1) is 5.92 Å². The van der Waals surface area contributed by atoms with E-state index in [1.807, 2.05) is 69.3 Å². The van der Waals surface area contributed by atoms with Gasteiger partial charge < -0.3 is 29.2 Å². The third-order valence-electron chi connectivity index (χ3n) is 10.9. The minimum Gasteiger partial charge on any atom is -0.460 e. The zero-order valence-electron chi connectivity index (χ0n) is 34.7. The summed E-state index contributed by atoms with van der Waals surface area (Å²) >= 11 is 0. The van der Waals surface area contributed by atoms with Crippen LogP contribution >= 0.6 is 0 Å². The van der Waals surface area contributed by atoms with Gasteiger partial charge in [-0.3, -0.25) is 9.59 Å². The first-order valence-electron chi connectivity index (χ1n) is 20.3. The molecule has 1 unspecified atom stereocenters. The average Bonchev–Trinajstić information content (AvgIpc) is 3.69. The molecule has 0 saturated heterocycles. The Balaban J connectivity index is 1.43. The lowest BCUT2D eigenvalue weighted by molar-refractivity contribution is -0.163. The van der Waals surface area contributed by atoms with Gasteiger partial charge in [0.15, 0.2) is 6.29 Å². The second-order valence-corrected chi connectivity index (χ2v) is 16.6. The number of ether oxygens (including phenoxy) is 4. The first-order chi connectivity index (χ1) is 27.3. The molecule has 9 heteroatoms. The Morgan fingerprint density at radius 3 is 1.47 bits per heavy atom. The van der Waals surface area contributed by atoms with Crippen LogP contribution in [0.4, 0.5) is 4.79 Å². The van der Waals surface area contributed by atoms with Crippen LogP contribution in [0.5, 0.6) is 0 Å². The number of alkyl carbamates (subject to hydrolysis) is 1. The lowest BCUT2D eigenvalue weighted by Crippen LogP contribution is -2.54. The molecule has 2 aliphatic rings. The fourth-order valence-corrected chi connectivity index (χ4v) is 8.58. The van der Waals surface area contributed by atoms with Gasteiger partial charge in [-0.05, 0) is 98.4 Å². The summed E-state index contributed by atoms with van der Waals surface area (Å²) in [5, 5.41) is 2.90. The molecule has 9 nitrogen and oxygen atoms in total. The maximum atomic E-state index is 14.8. The minimum absolute atomic E-state index is 0.123. The molecule has 1 N–H and O–H groups in total. The van der Waals surface area contributed by atoms with Crippen LogP contribution in [0.1, 0.15) is 102 Å². The molecule has 4 aromatic carbocycles. The smallest absolute Gasteiger partial charge is 0.408 e. The zero-order valence-corrected chi connectivity index (χ0v) is 34.7. The molecule has 6 rings (SSSR count). The third-order valence-corrected chi connectivity index (χ3v) is 10.9. The van der Waals surface area contributed by atoms with Crippen molar-refractivity contribution in [3.05, 3.63) is 119 Å². The Morgan fingerprint density at radius 2 is 1.09 bits per heavy atom. The van der Waals surface area contributed by atoms with Gasteiger partial charge in [0.25, 0.3) is 0 Å². The van der Waals surface area contributed by atoms with Crippen molar-refractivity contribution < 1.29 is 33.3 Å². The molecule has 1 atom stereocenters. The van der Waals surface area contributed by atoms with Crippen molar-refractivity contribution in [3.63, 3.8) is 0 Å². The molecule has 0 spiro atoms. The Kier molecular flexibility index (Phi) is 12.9. The molecular formula is C48H58N2O7. The molecule has 4 aromatic rings. The first-order valence-corrected chi connectivity index (χ1v) is 20.3. The highest BCUT2D eigenvalue weighted by atomic mass is 16.7. The Bertz CT molecular complexity index is 1860. The highest BCUT2D eigenvalue weighted by Gasteiger charge is 2.54. The first kappa shape index (κ1) is 41.6. The van der Waals surface area contributed by atoms with Crippen molar-refractivity contribution in [1.82, 2.24) is 10.2 Å². The highest BCUT2D eigenvalue weighted by molar-refractivity contribution is 5.90. The van der Waals surface area contributed by atoms with E-state index in [4.69, 9.17) is 18.9 Å². The van der Waals surface area contributed by atoms with E-state index in [9.17, 15) is 14.4 Å². The fraction of sp³-hybridized carbons (Fsp3) is 0.438. The number of amides is 2. The predicted octanol–water partition coefficient (Wildman–Crippen LogP) is 9.47. The van der Waals surface area contributed by atoms with Gasteiger partial charge in [-0.25, -0.2) is 4.79 Å².